The van der Waals surface area contributed by atoms with Crippen molar-refractivity contribution in [2.45, 2.75) is 58.7 Å². The average molecular weight is 729 g/mol. The monoisotopic (exact) mass is 728 g/mol. The zero-order chi connectivity index (χ0) is 37.5. The van der Waals surface area contributed by atoms with E-state index in [-0.39, 0.29) is 24.2 Å². The molecule has 282 valence electrons. The SMILES string of the molecule is CCC(C(C)C)n1ncn(-c2ccc(N3CCN(C)CC3)cc2)c1=O.Cc1ccc(OC[C@@H]2CO[C@@](Cn3cncn3)(c3ccc(F)cc3F)C2)cc1. The Balaban J connectivity index is 0.000000183. The van der Waals surface area contributed by atoms with E-state index in [0.717, 1.165) is 55.7 Å². The van der Waals surface area contributed by atoms with Crippen LogP contribution in [0.3, 0.4) is 0 Å². The highest BCUT2D eigenvalue weighted by atomic mass is 19.1. The molecule has 2 saturated heterocycles. The standard InChI is InChI=1S/C21H21F2N3O2.C19H29N5O/c1-15-2-5-18(6-3-15)27-10-16-9-21(28-11-16,12-26-14-24-13-25-26)19-7-4-17(22)8-20(19)23;1-5-18(15(2)3)24-19(25)23(14-20-24)17-8-6-16(7-9-17)22-12-10-21(4)11-13-22/h2-8,13-14,16H,9-12H2,1H3;6-9,14-15,18H,5,10-13H2,1-4H3/t16-,21+;/m1./s1. The van der Waals surface area contributed by atoms with E-state index in [2.05, 4.69) is 64.9 Å². The van der Waals surface area contributed by atoms with E-state index >= 15 is 0 Å². The lowest BCUT2D eigenvalue weighted by molar-refractivity contribution is -0.0206. The number of rotatable bonds is 11. The third-order valence-electron chi connectivity index (χ3n) is 10.2. The number of aromatic nitrogens is 6. The Bertz CT molecular complexity index is 1960. The van der Waals surface area contributed by atoms with E-state index in [4.69, 9.17) is 9.47 Å². The molecule has 1 unspecified atom stereocenters. The normalized spacial score (nSPS) is 19.6. The van der Waals surface area contributed by atoms with Gasteiger partial charge in [0.1, 0.15) is 42.0 Å². The molecule has 2 aliphatic rings. The number of nitrogens with zero attached hydrogens (tertiary/aromatic N) is 8. The second-order valence-electron chi connectivity index (χ2n) is 14.5. The molecule has 0 saturated carbocycles. The first kappa shape index (κ1) is 37.9. The lowest BCUT2D eigenvalue weighted by Gasteiger charge is -2.34. The molecule has 11 nitrogen and oxygen atoms in total. The highest BCUT2D eigenvalue weighted by Gasteiger charge is 2.44. The smallest absolute Gasteiger partial charge is 0.350 e. The molecular weight excluding hydrogens is 678 g/mol. The van der Waals surface area contributed by atoms with Gasteiger partial charge >= 0.3 is 5.69 Å². The van der Waals surface area contributed by atoms with Gasteiger partial charge in [-0.05, 0) is 75.2 Å². The molecule has 0 amide bonds. The van der Waals surface area contributed by atoms with Crippen molar-refractivity contribution >= 4 is 5.69 Å². The van der Waals surface area contributed by atoms with Gasteiger partial charge in [0.2, 0.25) is 0 Å². The van der Waals surface area contributed by atoms with Gasteiger partial charge in [0.05, 0.1) is 31.5 Å². The van der Waals surface area contributed by atoms with Crippen LogP contribution < -0.4 is 15.3 Å². The van der Waals surface area contributed by atoms with Gasteiger partial charge < -0.3 is 19.3 Å². The molecular formula is C40H50F2N8O3. The Kier molecular flexibility index (Phi) is 12.0. The minimum absolute atomic E-state index is 0.0621. The van der Waals surface area contributed by atoms with Crippen molar-refractivity contribution in [3.05, 3.63) is 119 Å². The molecule has 53 heavy (non-hydrogen) atoms. The average Bonchev–Trinajstić information content (AvgIpc) is 3.91. The molecule has 7 rings (SSSR count). The van der Waals surface area contributed by atoms with Crippen molar-refractivity contribution in [1.29, 1.82) is 0 Å². The van der Waals surface area contributed by atoms with Gasteiger partial charge in [-0.25, -0.2) is 32.5 Å². The number of likely N-dealkylation sites (N-methyl/N-ethyl adjacent to an activating group) is 1. The Morgan fingerprint density at radius 2 is 1.66 bits per heavy atom. The number of hydrogen-bond donors (Lipinski definition) is 0. The lowest BCUT2D eigenvalue weighted by atomic mass is 9.87. The van der Waals surface area contributed by atoms with Crippen molar-refractivity contribution in [3.8, 4) is 11.4 Å². The van der Waals surface area contributed by atoms with Gasteiger partial charge in [0.25, 0.3) is 0 Å². The molecule has 0 spiro atoms. The highest BCUT2D eigenvalue weighted by Crippen LogP contribution is 2.42. The summed E-state index contributed by atoms with van der Waals surface area (Å²) in [6.45, 7) is 13.8. The van der Waals surface area contributed by atoms with Crippen molar-refractivity contribution in [2.24, 2.45) is 11.8 Å². The van der Waals surface area contributed by atoms with Gasteiger partial charge in [0, 0.05) is 49.4 Å². The van der Waals surface area contributed by atoms with Crippen molar-refractivity contribution in [1.82, 2.24) is 34.0 Å². The molecule has 2 fully saturated rings. The maximum atomic E-state index is 14.6. The Labute approximate surface area is 309 Å². The fraction of sp³-hybridized carbons (Fsp3) is 0.450. The summed E-state index contributed by atoms with van der Waals surface area (Å²) < 4.78 is 44.9. The molecule has 3 aromatic carbocycles. The minimum atomic E-state index is -0.952. The van der Waals surface area contributed by atoms with Crippen LogP contribution in [0.25, 0.3) is 5.69 Å². The summed E-state index contributed by atoms with van der Waals surface area (Å²) in [5.74, 6) is -0.0121. The molecule has 2 aromatic heterocycles. The van der Waals surface area contributed by atoms with Crippen molar-refractivity contribution in [3.63, 3.8) is 0 Å². The second-order valence-corrected chi connectivity index (χ2v) is 14.5. The van der Waals surface area contributed by atoms with E-state index in [9.17, 15) is 13.6 Å². The van der Waals surface area contributed by atoms with Crippen LogP contribution in [-0.2, 0) is 16.9 Å². The number of hydrogen-bond acceptors (Lipinski definition) is 8. The van der Waals surface area contributed by atoms with E-state index in [0.29, 0.717) is 31.1 Å². The van der Waals surface area contributed by atoms with E-state index in [1.807, 2.05) is 43.3 Å². The Morgan fingerprint density at radius 3 is 2.30 bits per heavy atom. The molecule has 0 bridgehead atoms. The zero-order valence-corrected chi connectivity index (χ0v) is 31.2. The van der Waals surface area contributed by atoms with Gasteiger partial charge in [-0.2, -0.15) is 10.2 Å². The van der Waals surface area contributed by atoms with Crippen LogP contribution in [0.1, 0.15) is 50.8 Å². The van der Waals surface area contributed by atoms with Crippen LogP contribution in [0.5, 0.6) is 5.75 Å². The third-order valence-corrected chi connectivity index (χ3v) is 10.2. The zero-order valence-electron chi connectivity index (χ0n) is 31.2. The van der Waals surface area contributed by atoms with Crippen LogP contribution in [0.15, 0.2) is 90.5 Å². The predicted octanol–water partition coefficient (Wildman–Crippen LogP) is 6.27. The number of piperazine rings is 1. The maximum absolute atomic E-state index is 14.6. The summed E-state index contributed by atoms with van der Waals surface area (Å²) in [6, 6.07) is 19.8. The van der Waals surface area contributed by atoms with Crippen LogP contribution in [0.2, 0.25) is 0 Å². The minimum Gasteiger partial charge on any atom is -0.493 e. The first-order chi connectivity index (χ1) is 25.5. The largest absolute Gasteiger partial charge is 0.493 e. The quantitative estimate of drug-likeness (QED) is 0.157. The molecule has 2 aliphatic heterocycles. The lowest BCUT2D eigenvalue weighted by Crippen LogP contribution is -2.44. The summed E-state index contributed by atoms with van der Waals surface area (Å²) in [5.41, 5.74) is 2.55. The van der Waals surface area contributed by atoms with E-state index in [1.54, 1.807) is 26.6 Å². The molecule has 5 aromatic rings. The Morgan fingerprint density at radius 1 is 0.943 bits per heavy atom. The van der Waals surface area contributed by atoms with Crippen molar-refractivity contribution < 1.29 is 18.3 Å². The van der Waals surface area contributed by atoms with E-state index in [1.165, 1.54) is 24.1 Å². The summed E-state index contributed by atoms with van der Waals surface area (Å²) >= 11 is 0. The molecule has 4 heterocycles. The topological polar surface area (TPSA) is 95.5 Å². The second kappa shape index (κ2) is 16.9. The van der Waals surface area contributed by atoms with Gasteiger partial charge in [-0.1, -0.05) is 44.5 Å². The number of ether oxygens (including phenoxy) is 2. The predicted molar refractivity (Wildman–Crippen MR) is 200 cm³/mol. The van der Waals surface area contributed by atoms with E-state index < -0.39 is 17.2 Å². The van der Waals surface area contributed by atoms with Gasteiger partial charge in [-0.3, -0.25) is 0 Å². The van der Waals surface area contributed by atoms with Gasteiger partial charge in [-0.15, -0.1) is 0 Å². The summed E-state index contributed by atoms with van der Waals surface area (Å²) in [7, 11) is 2.16. The summed E-state index contributed by atoms with van der Waals surface area (Å²) in [6.07, 6.45) is 6.04. The van der Waals surface area contributed by atoms with Gasteiger partial charge in [0.15, 0.2) is 0 Å². The summed E-state index contributed by atoms with van der Waals surface area (Å²) in [5, 5.41) is 8.48. The van der Waals surface area contributed by atoms with Crippen LogP contribution >= 0.6 is 0 Å². The van der Waals surface area contributed by atoms with Crippen LogP contribution in [0, 0.1) is 30.4 Å². The highest BCUT2D eigenvalue weighted by molar-refractivity contribution is 5.51. The number of anilines is 1. The Hall–Kier alpha value is -4.88. The first-order valence-electron chi connectivity index (χ1n) is 18.4. The number of halogens is 2. The molecule has 0 N–H and O–H groups in total. The number of aryl methyl sites for hydroxylation is 1. The maximum Gasteiger partial charge on any atom is 0.350 e. The third kappa shape index (κ3) is 9.02. The van der Waals surface area contributed by atoms with Crippen LogP contribution in [-0.4, -0.2) is 80.5 Å². The molecule has 0 radical (unpaired) electrons. The van der Waals surface area contributed by atoms with Crippen LogP contribution in [0.4, 0.5) is 14.5 Å². The first-order valence-corrected chi connectivity index (χ1v) is 18.4. The molecule has 13 heteroatoms. The molecule has 0 aliphatic carbocycles. The number of benzene rings is 3. The summed E-state index contributed by atoms with van der Waals surface area (Å²) in [4.78, 5) is 21.4. The molecule has 3 atom stereocenters. The van der Waals surface area contributed by atoms with Crippen molar-refractivity contribution in [2.75, 3.05) is 51.3 Å². The fourth-order valence-corrected chi connectivity index (χ4v) is 7.17. The fourth-order valence-electron chi connectivity index (χ4n) is 7.17.